The van der Waals surface area contributed by atoms with E-state index < -0.39 is 0 Å². The monoisotopic (exact) mass is 160 g/mol. The summed E-state index contributed by atoms with van der Waals surface area (Å²) in [6, 6.07) is 3.98. The molecule has 1 atom stereocenters. The summed E-state index contributed by atoms with van der Waals surface area (Å²) in [6.07, 6.45) is 9.29. The third-order valence-electron chi connectivity index (χ3n) is 1.99. The zero-order chi connectivity index (χ0) is 8.44. The van der Waals surface area contributed by atoms with E-state index in [0.717, 1.165) is 0 Å². The van der Waals surface area contributed by atoms with Crippen molar-refractivity contribution in [3.63, 3.8) is 0 Å². The molecule has 0 aromatic carbocycles. The molecule has 0 aliphatic carbocycles. The second kappa shape index (κ2) is 2.53. The summed E-state index contributed by atoms with van der Waals surface area (Å²) in [4.78, 5) is 8.03. The molecule has 60 valence electrons. The second-order valence-electron chi connectivity index (χ2n) is 2.92. The van der Waals surface area contributed by atoms with Crippen molar-refractivity contribution >= 4 is 12.0 Å². The molecule has 1 aliphatic heterocycles. The maximum atomic E-state index is 4.06. The number of hydrogen-bond donors (Lipinski definition) is 0. The molecule has 0 bridgehead atoms. The van der Waals surface area contributed by atoms with Gasteiger partial charge in [-0.05, 0) is 0 Å². The maximum absolute atomic E-state index is 4.06. The predicted octanol–water partition coefficient (Wildman–Crippen LogP) is 1.53. The van der Waals surface area contributed by atoms with Gasteiger partial charge in [0.1, 0.15) is 11.9 Å². The minimum absolute atomic E-state index is 0.628. The molecule has 3 heteroatoms. The van der Waals surface area contributed by atoms with Gasteiger partial charge >= 0.3 is 0 Å². The molecular weight excluding hydrogens is 150 g/mol. The molecule has 3 nitrogen and oxygen atoms in total. The van der Waals surface area contributed by atoms with Gasteiger partial charge in [0.25, 0.3) is 0 Å². The quantitative estimate of drug-likeness (QED) is 0.572. The molecule has 0 radical (unpaired) electrons. The van der Waals surface area contributed by atoms with Crippen LogP contribution in [-0.2, 0) is 0 Å². The fourth-order valence-electron chi connectivity index (χ4n) is 1.21. The van der Waals surface area contributed by atoms with Crippen molar-refractivity contribution in [3.8, 4) is 0 Å². The number of quaternary nitrogens is 1. The van der Waals surface area contributed by atoms with E-state index in [1.807, 2.05) is 24.7 Å². The Morgan fingerprint density at radius 3 is 2.58 bits per heavy atom. The summed E-state index contributed by atoms with van der Waals surface area (Å²) < 4.78 is 0.628. The van der Waals surface area contributed by atoms with Crippen LogP contribution in [0, 0.1) is 0 Å². The summed E-state index contributed by atoms with van der Waals surface area (Å²) in [6.45, 7) is 0. The molecule has 1 aromatic heterocycles. The SMILES string of the molecule is C[N@+]1(c2ccncc2)C=CN=C1. The standard InChI is InChI=1S/C9H10N3/c1-12(7-6-11-8-12)9-2-4-10-5-3-9/h2-8H,1H3/q+1/t12-/m0/s1. The number of nitrogens with zero attached hydrogens (tertiary/aromatic N) is 3. The van der Waals surface area contributed by atoms with Crippen molar-refractivity contribution in [1.82, 2.24) is 9.47 Å². The van der Waals surface area contributed by atoms with Gasteiger partial charge in [0.2, 0.25) is 0 Å². The van der Waals surface area contributed by atoms with Crippen molar-refractivity contribution in [2.75, 3.05) is 7.05 Å². The van der Waals surface area contributed by atoms with Crippen molar-refractivity contribution in [2.45, 2.75) is 0 Å². The van der Waals surface area contributed by atoms with Gasteiger partial charge in [-0.2, -0.15) is 0 Å². The Balaban J connectivity index is 2.43. The van der Waals surface area contributed by atoms with Gasteiger partial charge in [0.15, 0.2) is 6.34 Å². The van der Waals surface area contributed by atoms with Crippen molar-refractivity contribution < 1.29 is 0 Å². The van der Waals surface area contributed by atoms with Gasteiger partial charge in [-0.15, -0.1) is 0 Å². The highest BCUT2D eigenvalue weighted by Gasteiger charge is 2.22. The summed E-state index contributed by atoms with van der Waals surface area (Å²) in [5.41, 5.74) is 1.17. The molecule has 0 N–H and O–H groups in total. The van der Waals surface area contributed by atoms with E-state index in [1.54, 1.807) is 18.6 Å². The molecule has 1 aromatic rings. The first-order valence-electron chi connectivity index (χ1n) is 3.80. The molecule has 0 amide bonds. The lowest BCUT2D eigenvalue weighted by Crippen LogP contribution is -2.35. The molecule has 1 aliphatic rings. The first kappa shape index (κ1) is 7.18. The van der Waals surface area contributed by atoms with E-state index in [4.69, 9.17) is 0 Å². The van der Waals surface area contributed by atoms with E-state index in [2.05, 4.69) is 17.0 Å². The highest BCUT2D eigenvalue weighted by molar-refractivity contribution is 5.77. The van der Waals surface area contributed by atoms with E-state index in [1.165, 1.54) is 5.69 Å². The first-order valence-corrected chi connectivity index (χ1v) is 3.80. The molecule has 0 unspecified atom stereocenters. The largest absolute Gasteiger partial charge is 0.264 e. The number of aromatic nitrogens is 1. The Morgan fingerprint density at radius 2 is 2.00 bits per heavy atom. The third kappa shape index (κ3) is 1.04. The maximum Gasteiger partial charge on any atom is 0.199 e. The fraction of sp³-hybridized carbons (Fsp3) is 0.111. The highest BCUT2D eigenvalue weighted by atomic mass is 15.4. The van der Waals surface area contributed by atoms with Gasteiger partial charge < -0.3 is 0 Å². The Labute approximate surface area is 71.3 Å². The van der Waals surface area contributed by atoms with Crippen LogP contribution in [0.4, 0.5) is 5.69 Å². The average Bonchev–Trinajstić information content (AvgIpc) is 2.55. The van der Waals surface area contributed by atoms with Gasteiger partial charge in [0, 0.05) is 24.5 Å². The zero-order valence-corrected chi connectivity index (χ0v) is 6.88. The molecule has 0 fully saturated rings. The Bertz CT molecular complexity index is 315. The van der Waals surface area contributed by atoms with Crippen molar-refractivity contribution in [3.05, 3.63) is 36.9 Å². The molecule has 0 spiro atoms. The van der Waals surface area contributed by atoms with E-state index in [9.17, 15) is 0 Å². The lowest BCUT2D eigenvalue weighted by atomic mass is 10.3. The zero-order valence-electron chi connectivity index (χ0n) is 6.88. The van der Waals surface area contributed by atoms with Crippen LogP contribution in [0.5, 0.6) is 0 Å². The summed E-state index contributed by atoms with van der Waals surface area (Å²) >= 11 is 0. The molecule has 0 saturated heterocycles. The molecule has 2 heterocycles. The molecule has 12 heavy (non-hydrogen) atoms. The van der Waals surface area contributed by atoms with Crippen LogP contribution >= 0.6 is 0 Å². The number of hydrogen-bond acceptors (Lipinski definition) is 2. The minimum atomic E-state index is 0.628. The Morgan fingerprint density at radius 1 is 1.25 bits per heavy atom. The Hall–Kier alpha value is -1.48. The van der Waals surface area contributed by atoms with Crippen LogP contribution in [0.1, 0.15) is 0 Å². The normalized spacial score (nSPS) is 26.4. The Kier molecular flexibility index (Phi) is 1.52. The second-order valence-corrected chi connectivity index (χ2v) is 2.92. The minimum Gasteiger partial charge on any atom is -0.264 e. The van der Waals surface area contributed by atoms with Crippen LogP contribution in [0.3, 0.4) is 0 Å². The topological polar surface area (TPSA) is 25.2 Å². The number of aliphatic imine (C=N–C) groups is 1. The fourth-order valence-corrected chi connectivity index (χ4v) is 1.21. The van der Waals surface area contributed by atoms with Crippen molar-refractivity contribution in [1.29, 1.82) is 0 Å². The lowest BCUT2D eigenvalue weighted by molar-refractivity contribution is 0.683. The van der Waals surface area contributed by atoms with E-state index in [-0.39, 0.29) is 0 Å². The van der Waals surface area contributed by atoms with Crippen LogP contribution in [0.15, 0.2) is 41.9 Å². The van der Waals surface area contributed by atoms with E-state index in [0.29, 0.717) is 4.48 Å². The third-order valence-corrected chi connectivity index (χ3v) is 1.99. The molecule has 2 rings (SSSR count). The molecular formula is C9H10N3+. The summed E-state index contributed by atoms with van der Waals surface area (Å²) in [7, 11) is 2.07. The van der Waals surface area contributed by atoms with Gasteiger partial charge in [-0.25, -0.2) is 9.48 Å². The summed E-state index contributed by atoms with van der Waals surface area (Å²) in [5, 5.41) is 0. The van der Waals surface area contributed by atoms with Crippen LogP contribution < -0.4 is 4.48 Å². The van der Waals surface area contributed by atoms with Crippen molar-refractivity contribution in [2.24, 2.45) is 4.99 Å². The summed E-state index contributed by atoms with van der Waals surface area (Å²) in [5.74, 6) is 0. The first-order chi connectivity index (χ1) is 5.81. The van der Waals surface area contributed by atoms with Crippen LogP contribution in [-0.4, -0.2) is 18.4 Å². The predicted molar refractivity (Wildman–Crippen MR) is 49.6 cm³/mol. The average molecular weight is 160 g/mol. The number of pyridine rings is 1. The van der Waals surface area contributed by atoms with Crippen LogP contribution in [0.25, 0.3) is 0 Å². The van der Waals surface area contributed by atoms with Crippen LogP contribution in [0.2, 0.25) is 0 Å². The number of rotatable bonds is 1. The van der Waals surface area contributed by atoms with Gasteiger partial charge in [-0.3, -0.25) is 4.98 Å². The highest BCUT2D eigenvalue weighted by Crippen LogP contribution is 2.20. The lowest BCUT2D eigenvalue weighted by Gasteiger charge is -2.20. The molecule has 0 saturated carbocycles. The van der Waals surface area contributed by atoms with Gasteiger partial charge in [-0.1, -0.05) is 0 Å². The van der Waals surface area contributed by atoms with Gasteiger partial charge in [0.05, 0.1) is 13.2 Å². The van der Waals surface area contributed by atoms with E-state index >= 15 is 0 Å². The smallest absolute Gasteiger partial charge is 0.199 e.